The van der Waals surface area contributed by atoms with Crippen LogP contribution in [0.25, 0.3) is 0 Å². The van der Waals surface area contributed by atoms with Crippen LogP contribution in [-0.2, 0) is 10.1 Å². The second kappa shape index (κ2) is 16.3. The van der Waals surface area contributed by atoms with Gasteiger partial charge in [-0.3, -0.25) is 0 Å². The monoisotopic (exact) mass is 358 g/mol. The molecule has 0 bridgehead atoms. The van der Waals surface area contributed by atoms with Crippen molar-refractivity contribution in [3.63, 3.8) is 0 Å². The van der Waals surface area contributed by atoms with Crippen LogP contribution in [0.15, 0.2) is 0 Å². The van der Waals surface area contributed by atoms with Gasteiger partial charge in [0.2, 0.25) is 0 Å². The van der Waals surface area contributed by atoms with Gasteiger partial charge in [-0.05, 0) is 26.2 Å². The van der Waals surface area contributed by atoms with Gasteiger partial charge in [0.1, 0.15) is 0 Å². The summed E-state index contributed by atoms with van der Waals surface area (Å²) in [5, 5.41) is 8.45. The topological polar surface area (TPSA) is 77.4 Å². The largest absolute Gasteiger partial charge is 1.00 e. The van der Waals surface area contributed by atoms with Gasteiger partial charge in [0.15, 0.2) is 0 Å². The minimum absolute atomic E-state index is 0. The van der Waals surface area contributed by atoms with Gasteiger partial charge in [-0.25, -0.2) is 8.42 Å². The Hall–Kier alpha value is 0.870. The number of unbranched alkanes of at least 4 members (excludes halogenated alkanes) is 8. The van der Waals surface area contributed by atoms with E-state index in [-0.39, 0.29) is 35.7 Å². The van der Waals surface area contributed by atoms with Crippen LogP contribution in [0.5, 0.6) is 0 Å². The minimum Gasteiger partial charge on any atom is -0.748 e. The molecule has 0 saturated carbocycles. The summed E-state index contributed by atoms with van der Waals surface area (Å²) >= 11 is 0. The fourth-order valence-corrected chi connectivity index (χ4v) is 3.66. The quantitative estimate of drug-likeness (QED) is 0.272. The Morgan fingerprint density at radius 2 is 1.22 bits per heavy atom. The molecule has 0 radical (unpaired) electrons. The summed E-state index contributed by atoms with van der Waals surface area (Å²) in [7, 11) is -4.17. The Morgan fingerprint density at radius 1 is 0.826 bits per heavy atom. The first-order chi connectivity index (χ1) is 10.4. The Labute approximate surface area is 165 Å². The fourth-order valence-electron chi connectivity index (χ4n) is 2.75. The van der Waals surface area contributed by atoms with Crippen molar-refractivity contribution < 1.29 is 47.6 Å². The molecule has 0 saturated heterocycles. The van der Waals surface area contributed by atoms with Gasteiger partial charge < -0.3 is 9.66 Å². The third-order valence-electron chi connectivity index (χ3n) is 4.19. The average molecular weight is 359 g/mol. The number of hydrogen-bond donors (Lipinski definition) is 1. The van der Waals surface area contributed by atoms with Crippen LogP contribution in [0.2, 0.25) is 0 Å². The second-order valence-electron chi connectivity index (χ2n) is 6.51. The van der Waals surface area contributed by atoms with E-state index in [1.54, 1.807) is 6.92 Å². The standard InChI is InChI=1S/C17H36O4S.Na/c1-3-4-5-6-7-8-11-14-17(22(19,20)21)15-12-9-10-13-16(2)18;/h16-18H,3-15H2,1-2H3,(H,19,20,21);/q;+1/p-1. The molecule has 0 aliphatic heterocycles. The second-order valence-corrected chi connectivity index (χ2v) is 8.16. The number of rotatable bonds is 15. The summed E-state index contributed by atoms with van der Waals surface area (Å²) < 4.78 is 33.9. The first kappa shape index (κ1) is 26.1. The third kappa shape index (κ3) is 17.5. The van der Waals surface area contributed by atoms with Gasteiger partial charge in [-0.1, -0.05) is 71.1 Å². The van der Waals surface area contributed by atoms with Gasteiger partial charge in [-0.2, -0.15) is 0 Å². The van der Waals surface area contributed by atoms with Gasteiger partial charge in [-0.15, -0.1) is 0 Å². The Bertz CT molecular complexity index is 345. The van der Waals surface area contributed by atoms with Crippen LogP contribution in [0.4, 0.5) is 0 Å². The minimum atomic E-state index is -4.17. The van der Waals surface area contributed by atoms with Crippen LogP contribution in [0, 0.1) is 0 Å². The van der Waals surface area contributed by atoms with Crippen LogP contribution in [-0.4, -0.2) is 29.4 Å². The van der Waals surface area contributed by atoms with Crippen molar-refractivity contribution in [3.8, 4) is 0 Å². The summed E-state index contributed by atoms with van der Waals surface area (Å²) in [5.41, 5.74) is 0. The Morgan fingerprint density at radius 3 is 1.65 bits per heavy atom. The van der Waals surface area contributed by atoms with Gasteiger partial charge in [0.25, 0.3) is 0 Å². The maximum absolute atomic E-state index is 11.3. The summed E-state index contributed by atoms with van der Waals surface area (Å²) in [6.07, 6.45) is 11.9. The normalized spacial score (nSPS) is 14.3. The molecule has 0 aliphatic rings. The fraction of sp³-hybridized carbons (Fsp3) is 1.00. The zero-order chi connectivity index (χ0) is 16.8. The molecule has 6 heteroatoms. The summed E-state index contributed by atoms with van der Waals surface area (Å²) in [4.78, 5) is 0. The van der Waals surface area contributed by atoms with E-state index in [1.807, 2.05) is 0 Å². The van der Waals surface area contributed by atoms with Crippen molar-refractivity contribution in [1.29, 1.82) is 0 Å². The predicted molar refractivity (Wildman–Crippen MR) is 90.9 cm³/mol. The van der Waals surface area contributed by atoms with E-state index in [4.69, 9.17) is 5.11 Å². The van der Waals surface area contributed by atoms with E-state index in [0.717, 1.165) is 44.9 Å². The molecule has 2 unspecified atom stereocenters. The molecule has 23 heavy (non-hydrogen) atoms. The number of aliphatic hydroxyl groups excluding tert-OH is 1. The molecule has 0 spiro atoms. The van der Waals surface area contributed by atoms with E-state index in [0.29, 0.717) is 12.8 Å². The number of hydrogen-bond acceptors (Lipinski definition) is 4. The molecule has 0 heterocycles. The van der Waals surface area contributed by atoms with Gasteiger partial charge >= 0.3 is 29.6 Å². The maximum atomic E-state index is 11.3. The smallest absolute Gasteiger partial charge is 0.748 e. The van der Waals surface area contributed by atoms with Crippen molar-refractivity contribution >= 4 is 10.1 Å². The summed E-state index contributed by atoms with van der Waals surface area (Å²) in [5.74, 6) is 0. The first-order valence-corrected chi connectivity index (χ1v) is 10.5. The molecule has 1 N–H and O–H groups in total. The zero-order valence-corrected chi connectivity index (χ0v) is 18.2. The van der Waals surface area contributed by atoms with E-state index in [1.165, 1.54) is 25.7 Å². The van der Waals surface area contributed by atoms with Crippen LogP contribution in [0.1, 0.15) is 97.3 Å². The molecule has 0 amide bonds. The van der Waals surface area contributed by atoms with Crippen molar-refractivity contribution in [2.45, 2.75) is 109 Å². The molecule has 4 nitrogen and oxygen atoms in total. The summed E-state index contributed by atoms with van der Waals surface area (Å²) in [6, 6.07) is 0. The summed E-state index contributed by atoms with van der Waals surface area (Å²) in [6.45, 7) is 3.94. The van der Waals surface area contributed by atoms with E-state index < -0.39 is 15.4 Å². The van der Waals surface area contributed by atoms with Crippen molar-refractivity contribution in [1.82, 2.24) is 0 Å². The van der Waals surface area contributed by atoms with Crippen molar-refractivity contribution in [2.75, 3.05) is 0 Å². The van der Waals surface area contributed by atoms with Crippen LogP contribution >= 0.6 is 0 Å². The van der Waals surface area contributed by atoms with E-state index >= 15 is 0 Å². The van der Waals surface area contributed by atoms with Crippen molar-refractivity contribution in [3.05, 3.63) is 0 Å². The van der Waals surface area contributed by atoms with Crippen LogP contribution in [0.3, 0.4) is 0 Å². The molecule has 0 aromatic carbocycles. The Balaban J connectivity index is 0. The van der Waals surface area contributed by atoms with E-state index in [9.17, 15) is 13.0 Å². The first-order valence-electron chi connectivity index (χ1n) is 9.00. The van der Waals surface area contributed by atoms with Crippen LogP contribution < -0.4 is 29.6 Å². The molecule has 134 valence electrons. The molecular formula is C17H35NaO4S. The maximum Gasteiger partial charge on any atom is 1.00 e. The molecule has 0 fully saturated rings. The molecule has 0 aromatic heterocycles. The average Bonchev–Trinajstić information content (AvgIpc) is 2.42. The van der Waals surface area contributed by atoms with Gasteiger partial charge in [0, 0.05) is 5.25 Å². The van der Waals surface area contributed by atoms with Gasteiger partial charge in [0.05, 0.1) is 16.2 Å². The Kier molecular flexibility index (Phi) is 18.5. The molecule has 0 aliphatic carbocycles. The molecule has 0 aromatic rings. The molecule has 0 rings (SSSR count). The van der Waals surface area contributed by atoms with E-state index in [2.05, 4.69) is 6.92 Å². The predicted octanol–water partition coefficient (Wildman–Crippen LogP) is 1.38. The molecular weight excluding hydrogens is 323 g/mol. The number of aliphatic hydroxyl groups is 1. The molecule has 2 atom stereocenters. The SMILES string of the molecule is CCCCCCCCCC(CCCCCC(C)O)S(=O)(=O)[O-].[Na+]. The van der Waals surface area contributed by atoms with Crippen molar-refractivity contribution in [2.24, 2.45) is 0 Å². The third-order valence-corrected chi connectivity index (χ3v) is 5.47. The zero-order valence-electron chi connectivity index (χ0n) is 15.4.